The molecule has 1 aliphatic carbocycles. The summed E-state index contributed by atoms with van der Waals surface area (Å²) in [5, 5.41) is 0.515. The van der Waals surface area contributed by atoms with E-state index in [4.69, 9.17) is 0 Å². The van der Waals surface area contributed by atoms with Gasteiger partial charge in [0.2, 0.25) is 0 Å². The molecule has 0 aromatic rings. The second kappa shape index (κ2) is 2.67. The highest BCUT2D eigenvalue weighted by Gasteiger charge is 2.37. The number of hydrogen-bond acceptors (Lipinski definition) is 2. The van der Waals surface area contributed by atoms with Crippen LogP contribution in [0.25, 0.3) is 0 Å². The molecule has 0 aliphatic heterocycles. The van der Waals surface area contributed by atoms with Gasteiger partial charge in [-0.2, -0.15) is 0 Å². The fourth-order valence-electron chi connectivity index (χ4n) is 1.04. The Balaban J connectivity index is 2.61. The van der Waals surface area contributed by atoms with Gasteiger partial charge in [-0.05, 0) is 13.8 Å². The van der Waals surface area contributed by atoms with Crippen LogP contribution in [0.4, 0.5) is 0 Å². The van der Waals surface area contributed by atoms with Crippen molar-refractivity contribution in [1.29, 1.82) is 0 Å². The molecule has 1 aliphatic rings. The normalized spacial score (nSPS) is 21.5. The number of hydrogen-bond donors (Lipinski definition) is 0. The van der Waals surface area contributed by atoms with Gasteiger partial charge >= 0.3 is 0 Å². The van der Waals surface area contributed by atoms with E-state index in [0.29, 0.717) is 11.0 Å². The molecule has 0 unspecified atom stereocenters. The smallest absolute Gasteiger partial charge is 0.178 e. The predicted octanol–water partition coefficient (Wildman–Crippen LogP) is 2.62. The monoisotopic (exact) mass is 170 g/mol. The van der Waals surface area contributed by atoms with E-state index < -0.39 is 0 Å². The molecule has 0 fully saturated rings. The van der Waals surface area contributed by atoms with Gasteiger partial charge in [0.1, 0.15) is 0 Å². The van der Waals surface area contributed by atoms with Gasteiger partial charge < -0.3 is 0 Å². The maximum atomic E-state index is 11.3. The summed E-state index contributed by atoms with van der Waals surface area (Å²) in [5.41, 5.74) is -0.183. The summed E-state index contributed by atoms with van der Waals surface area (Å²) in [5.74, 6) is 0.302. The average molecular weight is 170 g/mol. The molecule has 2 heteroatoms. The van der Waals surface area contributed by atoms with E-state index in [1.54, 1.807) is 11.8 Å². The summed E-state index contributed by atoms with van der Waals surface area (Å²) in [6.45, 7) is 8.12. The van der Waals surface area contributed by atoms with Crippen molar-refractivity contribution >= 4 is 17.5 Å². The number of carbonyl (C=O) groups excluding carboxylic acids is 1. The maximum absolute atomic E-state index is 11.3. The molecule has 0 atom stereocenters. The van der Waals surface area contributed by atoms with E-state index in [-0.39, 0.29) is 5.41 Å². The highest BCUT2D eigenvalue weighted by atomic mass is 32.2. The minimum absolute atomic E-state index is 0.183. The third kappa shape index (κ3) is 1.67. The zero-order valence-corrected chi connectivity index (χ0v) is 8.29. The van der Waals surface area contributed by atoms with Crippen molar-refractivity contribution in [2.45, 2.75) is 32.9 Å². The maximum Gasteiger partial charge on any atom is 0.178 e. The Morgan fingerprint density at radius 2 is 2.00 bits per heavy atom. The Morgan fingerprint density at radius 3 is 2.27 bits per heavy atom. The minimum Gasteiger partial charge on any atom is -0.293 e. The van der Waals surface area contributed by atoms with Crippen molar-refractivity contribution in [1.82, 2.24) is 0 Å². The first-order valence-electron chi connectivity index (χ1n) is 3.88. The van der Waals surface area contributed by atoms with Gasteiger partial charge in [-0.25, -0.2) is 0 Å². The van der Waals surface area contributed by atoms with Gasteiger partial charge in [0.05, 0.1) is 0 Å². The van der Waals surface area contributed by atoms with Crippen LogP contribution in [0.5, 0.6) is 0 Å². The summed E-state index contributed by atoms with van der Waals surface area (Å²) < 4.78 is 0. The second-order valence-corrected chi connectivity index (χ2v) is 5.34. The first-order chi connectivity index (χ1) is 4.93. The number of allylic oxidation sites excluding steroid dienone is 2. The van der Waals surface area contributed by atoms with Crippen LogP contribution in [0.1, 0.15) is 27.7 Å². The van der Waals surface area contributed by atoms with Gasteiger partial charge in [0.25, 0.3) is 0 Å². The molecule has 0 radical (unpaired) electrons. The van der Waals surface area contributed by atoms with Crippen LogP contribution in [0.2, 0.25) is 0 Å². The molecular formula is C9H14OS. The first-order valence-corrected chi connectivity index (χ1v) is 4.76. The van der Waals surface area contributed by atoms with Crippen LogP contribution in [0, 0.1) is 5.41 Å². The number of thioether (sulfide) groups is 1. The number of rotatable bonds is 2. The van der Waals surface area contributed by atoms with Crippen LogP contribution in [-0.4, -0.2) is 11.0 Å². The summed E-state index contributed by atoms with van der Waals surface area (Å²) in [7, 11) is 0. The molecule has 0 bridgehead atoms. The fourth-order valence-corrected chi connectivity index (χ4v) is 2.28. The van der Waals surface area contributed by atoms with Gasteiger partial charge in [0, 0.05) is 15.6 Å². The lowest BCUT2D eigenvalue weighted by atomic mass is 9.79. The Labute approximate surface area is 72.2 Å². The van der Waals surface area contributed by atoms with E-state index in [9.17, 15) is 4.79 Å². The standard InChI is InChI=1S/C9H14OS/c1-6(2)11-7-5-9(3,4)8(7)10/h5-6H,1-4H3. The molecule has 0 heterocycles. The highest BCUT2D eigenvalue weighted by Crippen LogP contribution is 2.41. The van der Waals surface area contributed by atoms with Gasteiger partial charge in [-0.15, -0.1) is 11.8 Å². The van der Waals surface area contributed by atoms with E-state index in [2.05, 4.69) is 19.9 Å². The van der Waals surface area contributed by atoms with Crippen molar-refractivity contribution < 1.29 is 4.79 Å². The summed E-state index contributed by atoms with van der Waals surface area (Å²) in [6, 6.07) is 0. The summed E-state index contributed by atoms with van der Waals surface area (Å²) in [6.07, 6.45) is 2.06. The SMILES string of the molecule is CC(C)SC1=CC(C)(C)C1=O. The molecule has 0 saturated carbocycles. The molecule has 0 spiro atoms. The van der Waals surface area contributed by atoms with Gasteiger partial charge in [0.15, 0.2) is 5.78 Å². The highest BCUT2D eigenvalue weighted by molar-refractivity contribution is 8.04. The van der Waals surface area contributed by atoms with Crippen LogP contribution >= 0.6 is 11.8 Å². The quantitative estimate of drug-likeness (QED) is 0.633. The first kappa shape index (κ1) is 8.85. The number of ketones is 1. The van der Waals surface area contributed by atoms with Gasteiger partial charge in [-0.3, -0.25) is 4.79 Å². The van der Waals surface area contributed by atoms with Crippen LogP contribution in [0.15, 0.2) is 11.0 Å². The molecule has 0 aromatic carbocycles. The molecule has 0 N–H and O–H groups in total. The van der Waals surface area contributed by atoms with Crippen molar-refractivity contribution in [2.24, 2.45) is 5.41 Å². The molecule has 0 aromatic heterocycles. The lowest BCUT2D eigenvalue weighted by molar-refractivity contribution is -0.122. The van der Waals surface area contributed by atoms with E-state index >= 15 is 0 Å². The molecular weight excluding hydrogens is 156 g/mol. The van der Waals surface area contributed by atoms with Crippen molar-refractivity contribution in [3.05, 3.63) is 11.0 Å². The third-order valence-corrected chi connectivity index (χ3v) is 2.69. The number of Topliss-reactive ketones (excluding diaryl/α,β-unsaturated/α-hetero) is 1. The molecule has 62 valence electrons. The molecule has 0 saturated heterocycles. The molecule has 11 heavy (non-hydrogen) atoms. The minimum atomic E-state index is -0.183. The predicted molar refractivity (Wildman–Crippen MR) is 49.6 cm³/mol. The van der Waals surface area contributed by atoms with Crippen LogP contribution in [-0.2, 0) is 4.79 Å². The van der Waals surface area contributed by atoms with Crippen molar-refractivity contribution in [2.75, 3.05) is 0 Å². The zero-order valence-electron chi connectivity index (χ0n) is 7.47. The summed E-state index contributed by atoms with van der Waals surface area (Å²) >= 11 is 1.66. The van der Waals surface area contributed by atoms with Crippen LogP contribution in [0.3, 0.4) is 0 Å². The lowest BCUT2D eigenvalue weighted by Crippen LogP contribution is -2.32. The van der Waals surface area contributed by atoms with Gasteiger partial charge in [-0.1, -0.05) is 19.9 Å². The van der Waals surface area contributed by atoms with E-state index in [1.807, 2.05) is 13.8 Å². The average Bonchev–Trinajstić information content (AvgIpc) is 1.85. The lowest BCUT2D eigenvalue weighted by Gasteiger charge is -2.30. The topological polar surface area (TPSA) is 17.1 Å². The largest absolute Gasteiger partial charge is 0.293 e. The Morgan fingerprint density at radius 1 is 1.45 bits per heavy atom. The Kier molecular flexibility index (Phi) is 2.15. The molecule has 0 amide bonds. The Hall–Kier alpha value is -0.240. The Bertz CT molecular complexity index is 214. The van der Waals surface area contributed by atoms with Crippen molar-refractivity contribution in [3.63, 3.8) is 0 Å². The molecule has 1 rings (SSSR count). The second-order valence-electron chi connectivity index (χ2n) is 3.73. The van der Waals surface area contributed by atoms with Crippen LogP contribution < -0.4 is 0 Å². The fraction of sp³-hybridized carbons (Fsp3) is 0.667. The summed E-state index contributed by atoms with van der Waals surface area (Å²) in [4.78, 5) is 12.3. The zero-order chi connectivity index (χ0) is 8.65. The van der Waals surface area contributed by atoms with E-state index in [1.165, 1.54) is 0 Å². The molecule has 1 nitrogen and oxygen atoms in total. The van der Waals surface area contributed by atoms with E-state index in [0.717, 1.165) is 4.91 Å². The third-order valence-electron chi connectivity index (χ3n) is 1.66. The van der Waals surface area contributed by atoms with Crippen molar-refractivity contribution in [3.8, 4) is 0 Å². The number of carbonyl (C=O) groups is 1.